The Morgan fingerprint density at radius 3 is 2.19 bits per heavy atom. The van der Waals surface area contributed by atoms with Crippen molar-refractivity contribution >= 4 is 17.3 Å². The van der Waals surface area contributed by atoms with Gasteiger partial charge in [-0.15, -0.1) is 0 Å². The van der Waals surface area contributed by atoms with Crippen LogP contribution >= 0.6 is 0 Å². The lowest BCUT2D eigenvalue weighted by Crippen LogP contribution is -2.03. The molecule has 0 unspecified atom stereocenters. The highest BCUT2D eigenvalue weighted by Crippen LogP contribution is 2.25. The minimum atomic E-state index is -1.45. The maximum Gasteiger partial charge on any atom is 0.338 e. The number of hydrogen-bond acceptors (Lipinski definition) is 3. The molecule has 0 atom stereocenters. The summed E-state index contributed by atoms with van der Waals surface area (Å²) < 4.78 is 40.8. The average molecular weight is 292 g/mol. The number of aromatic carboxylic acids is 1. The molecule has 21 heavy (non-hydrogen) atoms. The highest BCUT2D eigenvalue weighted by molar-refractivity contribution is 5.88. The smallest absolute Gasteiger partial charge is 0.338 e. The maximum atomic E-state index is 13.7. The van der Waals surface area contributed by atoms with Crippen molar-refractivity contribution in [3.05, 3.63) is 58.9 Å². The zero-order chi connectivity index (χ0) is 15.6. The van der Waals surface area contributed by atoms with Crippen molar-refractivity contribution < 1.29 is 23.1 Å². The van der Waals surface area contributed by atoms with Crippen LogP contribution in [0.2, 0.25) is 0 Å². The monoisotopic (exact) mass is 292 g/mol. The summed E-state index contributed by atoms with van der Waals surface area (Å²) in [5.41, 5.74) is -1.33. The molecule has 0 aliphatic heterocycles. The van der Waals surface area contributed by atoms with Crippen molar-refractivity contribution in [2.24, 2.45) is 0 Å². The molecular weight excluding hydrogens is 285 g/mol. The van der Waals surface area contributed by atoms with Gasteiger partial charge in [0.1, 0.15) is 11.5 Å². The van der Waals surface area contributed by atoms with E-state index in [1.165, 1.54) is 6.07 Å². The molecule has 2 aromatic rings. The molecule has 0 bridgehead atoms. The maximum absolute atomic E-state index is 13.7. The Morgan fingerprint density at radius 1 is 1.10 bits per heavy atom. The molecule has 106 valence electrons. The van der Waals surface area contributed by atoms with E-state index in [0.717, 1.165) is 24.3 Å². The molecule has 0 aliphatic carbocycles. The third-order valence-electron chi connectivity index (χ3n) is 2.64. The molecule has 0 spiro atoms. The van der Waals surface area contributed by atoms with Gasteiger partial charge in [0.25, 0.3) is 0 Å². The van der Waals surface area contributed by atoms with E-state index in [0.29, 0.717) is 0 Å². The van der Waals surface area contributed by atoms with Crippen LogP contribution < -0.4 is 5.32 Å². The summed E-state index contributed by atoms with van der Waals surface area (Å²) >= 11 is 0. The number of nitriles is 1. The molecule has 0 amide bonds. The van der Waals surface area contributed by atoms with E-state index < -0.39 is 34.7 Å². The van der Waals surface area contributed by atoms with E-state index in [9.17, 15) is 18.0 Å². The van der Waals surface area contributed by atoms with E-state index in [-0.39, 0.29) is 11.3 Å². The van der Waals surface area contributed by atoms with E-state index in [1.807, 2.05) is 0 Å². The fraction of sp³-hybridized carbons (Fsp3) is 0. The van der Waals surface area contributed by atoms with Crippen LogP contribution in [0.15, 0.2) is 30.3 Å². The van der Waals surface area contributed by atoms with Crippen molar-refractivity contribution in [3.63, 3.8) is 0 Å². The topological polar surface area (TPSA) is 73.1 Å². The molecule has 2 N–H and O–H groups in total. The molecule has 0 fully saturated rings. The molecule has 2 rings (SSSR count). The quantitative estimate of drug-likeness (QED) is 0.909. The summed E-state index contributed by atoms with van der Waals surface area (Å²) in [6, 6.07) is 6.20. The third-order valence-corrected chi connectivity index (χ3v) is 2.64. The summed E-state index contributed by atoms with van der Waals surface area (Å²) in [5.74, 6) is -4.53. The van der Waals surface area contributed by atoms with Gasteiger partial charge in [0.15, 0.2) is 11.6 Å². The number of nitrogens with zero attached hydrogens (tertiary/aromatic N) is 1. The minimum absolute atomic E-state index is 0.0278. The van der Waals surface area contributed by atoms with Crippen LogP contribution in [-0.4, -0.2) is 11.1 Å². The first kappa shape index (κ1) is 14.4. The zero-order valence-corrected chi connectivity index (χ0v) is 10.3. The van der Waals surface area contributed by atoms with E-state index in [1.54, 1.807) is 6.07 Å². The van der Waals surface area contributed by atoms with Gasteiger partial charge < -0.3 is 10.4 Å². The number of rotatable bonds is 3. The summed E-state index contributed by atoms with van der Waals surface area (Å²) in [5, 5.41) is 19.6. The van der Waals surface area contributed by atoms with Crippen molar-refractivity contribution in [2.45, 2.75) is 0 Å². The molecule has 2 aromatic carbocycles. The number of benzene rings is 2. The second kappa shape index (κ2) is 5.54. The van der Waals surface area contributed by atoms with Crippen molar-refractivity contribution in [2.75, 3.05) is 5.32 Å². The van der Waals surface area contributed by atoms with Crippen LogP contribution in [0.25, 0.3) is 0 Å². The Morgan fingerprint density at radius 2 is 1.71 bits per heavy atom. The summed E-state index contributed by atoms with van der Waals surface area (Å²) in [4.78, 5) is 10.7. The second-order valence-corrected chi connectivity index (χ2v) is 4.05. The lowest BCUT2D eigenvalue weighted by Gasteiger charge is -2.10. The number of halogens is 3. The SMILES string of the molecule is N#Cc1cc(F)c(Nc2ccc(C(=O)O)c(F)c2)c(F)c1. The van der Waals surface area contributed by atoms with Crippen LogP contribution in [0.3, 0.4) is 0 Å². The van der Waals surface area contributed by atoms with E-state index in [2.05, 4.69) is 5.32 Å². The summed E-state index contributed by atoms with van der Waals surface area (Å²) in [6.07, 6.45) is 0. The lowest BCUT2D eigenvalue weighted by molar-refractivity contribution is 0.0692. The highest BCUT2D eigenvalue weighted by atomic mass is 19.1. The molecular formula is C14H7F3N2O2. The predicted molar refractivity (Wildman–Crippen MR) is 67.7 cm³/mol. The zero-order valence-electron chi connectivity index (χ0n) is 10.3. The standard InChI is InChI=1S/C14H7F3N2O2/c15-10-5-8(1-2-9(10)14(20)21)19-13-11(16)3-7(6-18)4-12(13)17/h1-5,19H,(H,20,21). The Balaban J connectivity index is 2.37. The predicted octanol–water partition coefficient (Wildman–Crippen LogP) is 3.42. The van der Waals surface area contributed by atoms with Crippen LogP contribution in [0.4, 0.5) is 24.5 Å². The molecule has 0 saturated heterocycles. The number of anilines is 2. The number of carboxylic acid groups (broad SMARTS) is 1. The minimum Gasteiger partial charge on any atom is -0.478 e. The van der Waals surface area contributed by atoms with Gasteiger partial charge in [0.05, 0.1) is 17.2 Å². The van der Waals surface area contributed by atoms with Gasteiger partial charge in [-0.25, -0.2) is 18.0 Å². The van der Waals surface area contributed by atoms with Gasteiger partial charge in [-0.2, -0.15) is 5.26 Å². The van der Waals surface area contributed by atoms with Gasteiger partial charge in [-0.1, -0.05) is 0 Å². The van der Waals surface area contributed by atoms with Crippen LogP contribution in [0.5, 0.6) is 0 Å². The number of nitrogens with one attached hydrogen (secondary N) is 1. The molecule has 0 aromatic heterocycles. The Bertz CT molecular complexity index is 746. The van der Waals surface area contributed by atoms with Crippen molar-refractivity contribution in [1.29, 1.82) is 5.26 Å². The fourth-order valence-electron chi connectivity index (χ4n) is 1.67. The molecule has 0 radical (unpaired) electrons. The van der Waals surface area contributed by atoms with Gasteiger partial charge in [0, 0.05) is 5.69 Å². The Kier molecular flexibility index (Phi) is 3.80. The van der Waals surface area contributed by atoms with Gasteiger partial charge >= 0.3 is 5.97 Å². The molecule has 0 heterocycles. The van der Waals surface area contributed by atoms with Crippen LogP contribution in [0, 0.1) is 28.8 Å². The normalized spacial score (nSPS) is 10.0. The third kappa shape index (κ3) is 2.95. The Labute approximate surface area is 117 Å². The largest absolute Gasteiger partial charge is 0.478 e. The lowest BCUT2D eigenvalue weighted by atomic mass is 10.1. The summed E-state index contributed by atoms with van der Waals surface area (Å²) in [6.45, 7) is 0. The molecule has 0 saturated carbocycles. The molecule has 0 aliphatic rings. The number of hydrogen-bond donors (Lipinski definition) is 2. The Hall–Kier alpha value is -3.01. The summed E-state index contributed by atoms with van der Waals surface area (Å²) in [7, 11) is 0. The average Bonchev–Trinajstić information content (AvgIpc) is 2.42. The number of carboxylic acids is 1. The van der Waals surface area contributed by atoms with E-state index in [4.69, 9.17) is 10.4 Å². The van der Waals surface area contributed by atoms with Crippen molar-refractivity contribution in [1.82, 2.24) is 0 Å². The van der Waals surface area contributed by atoms with Crippen LogP contribution in [0.1, 0.15) is 15.9 Å². The van der Waals surface area contributed by atoms with Crippen LogP contribution in [-0.2, 0) is 0 Å². The molecule has 4 nitrogen and oxygen atoms in total. The molecule has 7 heteroatoms. The highest BCUT2D eigenvalue weighted by Gasteiger charge is 2.14. The van der Waals surface area contributed by atoms with E-state index >= 15 is 0 Å². The first-order valence-corrected chi connectivity index (χ1v) is 5.61. The first-order chi connectivity index (χ1) is 9.92. The second-order valence-electron chi connectivity index (χ2n) is 4.05. The van der Waals surface area contributed by atoms with Gasteiger partial charge in [-0.05, 0) is 30.3 Å². The number of carbonyl (C=O) groups is 1. The van der Waals surface area contributed by atoms with Gasteiger partial charge in [-0.3, -0.25) is 0 Å². The first-order valence-electron chi connectivity index (χ1n) is 5.61. The van der Waals surface area contributed by atoms with Gasteiger partial charge in [0.2, 0.25) is 0 Å². The van der Waals surface area contributed by atoms with Crippen molar-refractivity contribution in [3.8, 4) is 6.07 Å². The fourth-order valence-corrected chi connectivity index (χ4v) is 1.67.